The Hall–Kier alpha value is -3.70. The topological polar surface area (TPSA) is 77.7 Å². The molecule has 3 rings (SSSR count). The molecule has 6 nitrogen and oxygen atoms in total. The zero-order valence-electron chi connectivity index (χ0n) is 19.8. The van der Waals surface area contributed by atoms with E-state index in [1.165, 1.54) is 25.1 Å². The van der Waals surface area contributed by atoms with Crippen LogP contribution >= 0.6 is 0 Å². The lowest BCUT2D eigenvalue weighted by Gasteiger charge is -2.08. The van der Waals surface area contributed by atoms with Crippen molar-refractivity contribution in [2.45, 2.75) is 58.4 Å². The Morgan fingerprint density at radius 3 is 1.97 bits per heavy atom. The van der Waals surface area contributed by atoms with Gasteiger partial charge in [-0.25, -0.2) is 4.79 Å². The third-order valence-electron chi connectivity index (χ3n) is 5.65. The molecular formula is C25H22F6N2O4. The summed E-state index contributed by atoms with van der Waals surface area (Å²) in [7, 11) is 0. The fourth-order valence-corrected chi connectivity index (χ4v) is 3.88. The molecule has 0 aliphatic rings. The highest BCUT2D eigenvalue weighted by atomic mass is 19.4. The summed E-state index contributed by atoms with van der Waals surface area (Å²) in [4.78, 5) is 41.1. The molecule has 0 aliphatic heterocycles. The van der Waals surface area contributed by atoms with Gasteiger partial charge in [0.15, 0.2) is 0 Å². The minimum Gasteiger partial charge on any atom is -0.341 e. The molecule has 0 N–H and O–H groups in total. The van der Waals surface area contributed by atoms with Gasteiger partial charge in [0, 0.05) is 52.3 Å². The van der Waals surface area contributed by atoms with Gasteiger partial charge in [-0.1, -0.05) is 12.1 Å². The largest absolute Gasteiger partial charge is 0.454 e. The number of hydrogen-bond donors (Lipinski definition) is 0. The zero-order chi connectivity index (χ0) is 27.5. The van der Waals surface area contributed by atoms with E-state index in [4.69, 9.17) is 0 Å². The first kappa shape index (κ1) is 27.9. The number of benzene rings is 2. The SMILES string of the molecule is CCC(=O)ON=C(CCCC(F)(F)F)C(=O)c1ccc2c(c1)c1cc(C(=O)C(F)(F)F)ccc1n2CC. The van der Waals surface area contributed by atoms with E-state index in [1.54, 1.807) is 17.6 Å². The van der Waals surface area contributed by atoms with Crippen LogP contribution in [-0.2, 0) is 16.2 Å². The fraction of sp³-hybridized carbons (Fsp3) is 0.360. The summed E-state index contributed by atoms with van der Waals surface area (Å²) < 4.78 is 78.6. The molecule has 0 aliphatic carbocycles. The molecule has 0 unspecified atom stereocenters. The number of fused-ring (bicyclic) bond motifs is 3. The number of alkyl halides is 6. The third-order valence-corrected chi connectivity index (χ3v) is 5.65. The number of rotatable bonds is 9. The van der Waals surface area contributed by atoms with Crippen molar-refractivity contribution in [1.29, 1.82) is 0 Å². The van der Waals surface area contributed by atoms with Gasteiger partial charge in [-0.05, 0) is 56.2 Å². The van der Waals surface area contributed by atoms with Crippen LogP contribution in [0.4, 0.5) is 26.3 Å². The van der Waals surface area contributed by atoms with E-state index in [-0.39, 0.29) is 17.4 Å². The number of hydrogen-bond acceptors (Lipinski definition) is 5. The van der Waals surface area contributed by atoms with Crippen LogP contribution in [0.25, 0.3) is 21.8 Å². The van der Waals surface area contributed by atoms with Crippen molar-refractivity contribution in [3.63, 3.8) is 0 Å². The Morgan fingerprint density at radius 1 is 0.892 bits per heavy atom. The molecule has 3 aromatic rings. The number of halogens is 6. The number of aryl methyl sites for hydroxylation is 1. The molecule has 37 heavy (non-hydrogen) atoms. The van der Waals surface area contributed by atoms with Crippen molar-refractivity contribution in [2.75, 3.05) is 0 Å². The fourth-order valence-electron chi connectivity index (χ4n) is 3.88. The summed E-state index contributed by atoms with van der Waals surface area (Å²) in [5, 5.41) is 4.14. The Balaban J connectivity index is 2.08. The lowest BCUT2D eigenvalue weighted by atomic mass is 9.99. The van der Waals surface area contributed by atoms with E-state index in [0.29, 0.717) is 23.0 Å². The van der Waals surface area contributed by atoms with Crippen LogP contribution in [0, 0.1) is 0 Å². The standard InChI is InChI=1S/C25H22F6N2O4/c1-3-21(34)37-32-18(6-5-11-24(26,27)28)22(35)14-7-9-19-16(12-14)17-13-15(23(36)25(29,30)31)8-10-20(17)33(19)4-2/h7-10,12-13H,3-6,11H2,1-2H3. The van der Waals surface area contributed by atoms with Gasteiger partial charge in [0.1, 0.15) is 5.71 Å². The summed E-state index contributed by atoms with van der Waals surface area (Å²) in [5.74, 6) is -3.60. The lowest BCUT2D eigenvalue weighted by molar-refractivity contribution is -0.143. The lowest BCUT2D eigenvalue weighted by Crippen LogP contribution is -2.22. The molecule has 0 saturated heterocycles. The van der Waals surface area contributed by atoms with Crippen molar-refractivity contribution in [1.82, 2.24) is 4.57 Å². The van der Waals surface area contributed by atoms with E-state index in [9.17, 15) is 40.7 Å². The van der Waals surface area contributed by atoms with Gasteiger partial charge in [-0.15, -0.1) is 0 Å². The third kappa shape index (κ3) is 6.36. The number of nitrogens with zero attached hydrogens (tertiary/aromatic N) is 2. The molecule has 0 atom stereocenters. The summed E-state index contributed by atoms with van der Waals surface area (Å²) in [6.07, 6.45) is -11.7. The number of carbonyl (C=O) groups excluding carboxylic acids is 3. The van der Waals surface area contributed by atoms with Crippen molar-refractivity contribution >= 4 is 45.1 Å². The van der Waals surface area contributed by atoms with Gasteiger partial charge >= 0.3 is 18.3 Å². The highest BCUT2D eigenvalue weighted by Crippen LogP contribution is 2.33. The zero-order valence-corrected chi connectivity index (χ0v) is 19.8. The van der Waals surface area contributed by atoms with Crippen LogP contribution in [0.5, 0.6) is 0 Å². The van der Waals surface area contributed by atoms with Gasteiger partial charge < -0.3 is 9.40 Å². The van der Waals surface area contributed by atoms with Crippen molar-refractivity contribution < 1.29 is 45.6 Å². The molecule has 198 valence electrons. The molecule has 12 heteroatoms. The predicted octanol–water partition coefficient (Wildman–Crippen LogP) is 6.78. The Bertz CT molecular complexity index is 1390. The first-order chi connectivity index (χ1) is 17.3. The average molecular weight is 528 g/mol. The normalized spacial score (nSPS) is 12.8. The Labute approximate surface area is 206 Å². The van der Waals surface area contributed by atoms with Crippen molar-refractivity contribution in [2.24, 2.45) is 5.16 Å². The van der Waals surface area contributed by atoms with Gasteiger partial charge in [-0.2, -0.15) is 26.3 Å². The van der Waals surface area contributed by atoms with Gasteiger partial charge in [0.05, 0.1) is 0 Å². The van der Waals surface area contributed by atoms with E-state index >= 15 is 0 Å². The maximum absolute atomic E-state index is 13.2. The van der Waals surface area contributed by atoms with Crippen LogP contribution < -0.4 is 0 Å². The second kappa shape index (κ2) is 10.7. The molecule has 2 aromatic carbocycles. The summed E-state index contributed by atoms with van der Waals surface area (Å²) in [5.41, 5.74) is 0.0919. The average Bonchev–Trinajstić information content (AvgIpc) is 3.15. The molecule has 0 fully saturated rings. The van der Waals surface area contributed by atoms with Crippen LogP contribution in [0.15, 0.2) is 41.6 Å². The van der Waals surface area contributed by atoms with E-state index in [0.717, 1.165) is 12.1 Å². The molecule has 1 aromatic heterocycles. The number of Topliss-reactive ketones (excluding diaryl/α,β-unsaturated/α-hetero) is 2. The van der Waals surface area contributed by atoms with Gasteiger partial charge in [0.25, 0.3) is 5.78 Å². The van der Waals surface area contributed by atoms with Crippen molar-refractivity contribution in [3.8, 4) is 0 Å². The number of aromatic nitrogens is 1. The Morgan fingerprint density at radius 2 is 1.46 bits per heavy atom. The molecule has 0 saturated carbocycles. The number of ketones is 2. The number of carbonyl (C=O) groups is 3. The maximum atomic E-state index is 13.2. The molecular weight excluding hydrogens is 506 g/mol. The minimum atomic E-state index is -5.07. The minimum absolute atomic E-state index is 0.0199. The van der Waals surface area contributed by atoms with Crippen molar-refractivity contribution in [3.05, 3.63) is 47.5 Å². The van der Waals surface area contributed by atoms with E-state index in [1.807, 2.05) is 0 Å². The molecule has 0 radical (unpaired) electrons. The smallest absolute Gasteiger partial charge is 0.341 e. The number of oxime groups is 1. The summed E-state index contributed by atoms with van der Waals surface area (Å²) in [6, 6.07) is 7.86. The second-order valence-corrected chi connectivity index (χ2v) is 8.19. The highest BCUT2D eigenvalue weighted by Gasteiger charge is 2.39. The molecule has 0 amide bonds. The summed E-state index contributed by atoms with van der Waals surface area (Å²) >= 11 is 0. The first-order valence-electron chi connectivity index (χ1n) is 11.3. The summed E-state index contributed by atoms with van der Waals surface area (Å²) in [6.45, 7) is 3.70. The van der Waals surface area contributed by atoms with Crippen LogP contribution in [0.3, 0.4) is 0 Å². The van der Waals surface area contributed by atoms with E-state index < -0.39 is 60.4 Å². The van der Waals surface area contributed by atoms with Gasteiger partial charge in [-0.3, -0.25) is 9.59 Å². The second-order valence-electron chi connectivity index (χ2n) is 8.19. The van der Waals surface area contributed by atoms with Crippen LogP contribution in [-0.4, -0.2) is 40.2 Å². The molecule has 1 heterocycles. The molecule has 0 spiro atoms. The maximum Gasteiger partial charge on any atom is 0.454 e. The quantitative estimate of drug-likeness (QED) is 0.101. The van der Waals surface area contributed by atoms with E-state index in [2.05, 4.69) is 9.99 Å². The molecule has 0 bridgehead atoms. The van der Waals surface area contributed by atoms with Gasteiger partial charge in [0.2, 0.25) is 5.78 Å². The van der Waals surface area contributed by atoms with Crippen LogP contribution in [0.2, 0.25) is 0 Å². The highest BCUT2D eigenvalue weighted by molar-refractivity contribution is 6.46. The first-order valence-corrected chi connectivity index (χ1v) is 11.3. The monoisotopic (exact) mass is 528 g/mol. The van der Waals surface area contributed by atoms with Crippen LogP contribution in [0.1, 0.15) is 60.2 Å². The predicted molar refractivity (Wildman–Crippen MR) is 124 cm³/mol. The Kier molecular flexibility index (Phi) is 8.09.